The molecule has 0 spiro atoms. The van der Waals surface area contributed by atoms with Crippen molar-refractivity contribution in [2.24, 2.45) is 0 Å². The molecule has 0 radical (unpaired) electrons. The first-order valence-corrected chi connectivity index (χ1v) is 7.47. The SMILES string of the molecule is CCNCc1sc(COc2ccc(OC)cc2)nc1C. The lowest BCUT2D eigenvalue weighted by Crippen LogP contribution is -2.11. The summed E-state index contributed by atoms with van der Waals surface area (Å²) in [4.78, 5) is 5.82. The third kappa shape index (κ3) is 3.95. The molecular formula is C15H20N2O2S. The van der Waals surface area contributed by atoms with Crippen LogP contribution in [-0.4, -0.2) is 18.6 Å². The van der Waals surface area contributed by atoms with Crippen LogP contribution in [0.4, 0.5) is 0 Å². The highest BCUT2D eigenvalue weighted by Gasteiger charge is 2.07. The van der Waals surface area contributed by atoms with Crippen molar-refractivity contribution < 1.29 is 9.47 Å². The smallest absolute Gasteiger partial charge is 0.140 e. The first-order chi connectivity index (χ1) is 9.72. The molecule has 0 saturated carbocycles. The molecule has 0 atom stereocenters. The minimum Gasteiger partial charge on any atom is -0.497 e. The molecule has 0 amide bonds. The van der Waals surface area contributed by atoms with Crippen molar-refractivity contribution in [3.8, 4) is 11.5 Å². The van der Waals surface area contributed by atoms with E-state index in [1.165, 1.54) is 4.88 Å². The summed E-state index contributed by atoms with van der Waals surface area (Å²) in [5, 5.41) is 4.33. The van der Waals surface area contributed by atoms with Gasteiger partial charge in [-0.1, -0.05) is 6.92 Å². The summed E-state index contributed by atoms with van der Waals surface area (Å²) >= 11 is 1.70. The van der Waals surface area contributed by atoms with E-state index < -0.39 is 0 Å². The molecule has 1 heterocycles. The molecule has 2 aromatic rings. The van der Waals surface area contributed by atoms with Crippen molar-refractivity contribution in [2.45, 2.75) is 27.0 Å². The third-order valence-electron chi connectivity index (χ3n) is 2.89. The van der Waals surface area contributed by atoms with E-state index in [0.717, 1.165) is 35.3 Å². The number of rotatable bonds is 7. The Morgan fingerprint density at radius 1 is 1.20 bits per heavy atom. The highest BCUT2D eigenvalue weighted by molar-refractivity contribution is 7.11. The maximum atomic E-state index is 5.74. The number of hydrogen-bond acceptors (Lipinski definition) is 5. The van der Waals surface area contributed by atoms with E-state index in [9.17, 15) is 0 Å². The quantitative estimate of drug-likeness (QED) is 0.851. The van der Waals surface area contributed by atoms with Gasteiger partial charge in [-0.3, -0.25) is 0 Å². The molecule has 0 saturated heterocycles. The molecule has 0 aliphatic carbocycles. The summed E-state index contributed by atoms with van der Waals surface area (Å²) in [5.41, 5.74) is 1.09. The van der Waals surface area contributed by atoms with Crippen LogP contribution in [0.1, 0.15) is 22.5 Å². The fraction of sp³-hybridized carbons (Fsp3) is 0.400. The molecular weight excluding hydrogens is 272 g/mol. The zero-order chi connectivity index (χ0) is 14.4. The van der Waals surface area contributed by atoms with Crippen LogP contribution in [0.3, 0.4) is 0 Å². The van der Waals surface area contributed by atoms with Crippen molar-refractivity contribution in [1.82, 2.24) is 10.3 Å². The van der Waals surface area contributed by atoms with Crippen LogP contribution in [0.2, 0.25) is 0 Å². The van der Waals surface area contributed by atoms with Gasteiger partial charge in [0.05, 0.1) is 12.8 Å². The van der Waals surface area contributed by atoms with Gasteiger partial charge in [0.2, 0.25) is 0 Å². The largest absolute Gasteiger partial charge is 0.497 e. The lowest BCUT2D eigenvalue weighted by Gasteiger charge is -2.05. The van der Waals surface area contributed by atoms with Gasteiger partial charge >= 0.3 is 0 Å². The van der Waals surface area contributed by atoms with Gasteiger partial charge in [0.15, 0.2) is 0 Å². The van der Waals surface area contributed by atoms with E-state index in [2.05, 4.69) is 17.2 Å². The molecule has 0 fully saturated rings. The van der Waals surface area contributed by atoms with E-state index in [0.29, 0.717) is 6.61 Å². The minimum atomic E-state index is 0.504. The van der Waals surface area contributed by atoms with E-state index in [1.807, 2.05) is 31.2 Å². The van der Waals surface area contributed by atoms with Crippen molar-refractivity contribution in [3.63, 3.8) is 0 Å². The number of ether oxygens (including phenoxy) is 2. The van der Waals surface area contributed by atoms with Crippen molar-refractivity contribution in [3.05, 3.63) is 39.8 Å². The topological polar surface area (TPSA) is 43.4 Å². The average Bonchev–Trinajstić information content (AvgIpc) is 2.84. The Bertz CT molecular complexity index is 537. The molecule has 2 rings (SSSR count). The maximum absolute atomic E-state index is 5.74. The van der Waals surface area contributed by atoms with Gasteiger partial charge in [-0.2, -0.15) is 0 Å². The number of aryl methyl sites for hydroxylation is 1. The van der Waals surface area contributed by atoms with Crippen LogP contribution in [0.25, 0.3) is 0 Å². The molecule has 20 heavy (non-hydrogen) atoms. The number of benzene rings is 1. The van der Waals surface area contributed by atoms with Crippen molar-refractivity contribution >= 4 is 11.3 Å². The van der Waals surface area contributed by atoms with Gasteiger partial charge in [0.25, 0.3) is 0 Å². The number of aromatic nitrogens is 1. The van der Waals surface area contributed by atoms with Crippen molar-refractivity contribution in [2.75, 3.05) is 13.7 Å². The predicted molar refractivity (Wildman–Crippen MR) is 81.6 cm³/mol. The van der Waals surface area contributed by atoms with E-state index in [4.69, 9.17) is 9.47 Å². The Hall–Kier alpha value is -1.59. The number of hydrogen-bond donors (Lipinski definition) is 1. The van der Waals surface area contributed by atoms with Gasteiger partial charge in [0, 0.05) is 11.4 Å². The molecule has 5 heteroatoms. The van der Waals surface area contributed by atoms with Crippen LogP contribution < -0.4 is 14.8 Å². The Kier molecular flexibility index (Phi) is 5.38. The summed E-state index contributed by atoms with van der Waals surface area (Å²) in [5.74, 6) is 1.65. The molecule has 1 aromatic heterocycles. The Labute approximate surface area is 123 Å². The summed E-state index contributed by atoms with van der Waals surface area (Å²) in [7, 11) is 1.65. The zero-order valence-electron chi connectivity index (χ0n) is 12.1. The van der Waals surface area contributed by atoms with E-state index >= 15 is 0 Å². The number of methoxy groups -OCH3 is 1. The van der Waals surface area contributed by atoms with Crippen LogP contribution in [-0.2, 0) is 13.2 Å². The number of nitrogens with one attached hydrogen (secondary N) is 1. The van der Waals surface area contributed by atoms with Gasteiger partial charge in [-0.25, -0.2) is 4.98 Å². The standard InChI is InChI=1S/C15H20N2O2S/c1-4-16-9-14-11(2)17-15(20-14)10-19-13-7-5-12(18-3)6-8-13/h5-8,16H,4,9-10H2,1-3H3. The average molecular weight is 292 g/mol. The number of thiazole rings is 1. The van der Waals surface area contributed by atoms with Gasteiger partial charge < -0.3 is 14.8 Å². The minimum absolute atomic E-state index is 0.504. The van der Waals surface area contributed by atoms with Crippen LogP contribution in [0.15, 0.2) is 24.3 Å². The third-order valence-corrected chi connectivity index (χ3v) is 4.03. The summed E-state index contributed by atoms with van der Waals surface area (Å²) in [6, 6.07) is 7.58. The second kappa shape index (κ2) is 7.26. The fourth-order valence-corrected chi connectivity index (χ4v) is 2.72. The molecule has 108 valence electrons. The van der Waals surface area contributed by atoms with Crippen LogP contribution in [0, 0.1) is 6.92 Å². The lowest BCUT2D eigenvalue weighted by atomic mass is 10.3. The number of nitrogens with zero attached hydrogens (tertiary/aromatic N) is 1. The van der Waals surface area contributed by atoms with Gasteiger partial charge in [-0.15, -0.1) is 11.3 Å². The highest BCUT2D eigenvalue weighted by atomic mass is 32.1. The molecule has 1 aromatic carbocycles. The fourth-order valence-electron chi connectivity index (χ4n) is 1.77. The van der Waals surface area contributed by atoms with Gasteiger partial charge in [0.1, 0.15) is 23.1 Å². The van der Waals surface area contributed by atoms with Crippen molar-refractivity contribution in [1.29, 1.82) is 0 Å². The summed E-state index contributed by atoms with van der Waals surface area (Å²) in [6.45, 7) is 6.49. The lowest BCUT2D eigenvalue weighted by molar-refractivity contribution is 0.304. The van der Waals surface area contributed by atoms with Gasteiger partial charge in [-0.05, 0) is 37.7 Å². The van der Waals surface area contributed by atoms with E-state index in [1.54, 1.807) is 18.4 Å². The molecule has 0 aliphatic heterocycles. The first kappa shape index (κ1) is 14.8. The molecule has 0 aliphatic rings. The molecule has 0 unspecified atom stereocenters. The maximum Gasteiger partial charge on any atom is 0.140 e. The van der Waals surface area contributed by atoms with Crippen LogP contribution in [0.5, 0.6) is 11.5 Å². The monoisotopic (exact) mass is 292 g/mol. The molecule has 1 N–H and O–H groups in total. The Morgan fingerprint density at radius 2 is 1.90 bits per heavy atom. The zero-order valence-corrected chi connectivity index (χ0v) is 12.9. The van der Waals surface area contributed by atoms with E-state index in [-0.39, 0.29) is 0 Å². The predicted octanol–water partition coefficient (Wildman–Crippen LogP) is 3.15. The Balaban J connectivity index is 1.92. The summed E-state index contributed by atoms with van der Waals surface area (Å²) in [6.07, 6.45) is 0. The molecule has 4 nitrogen and oxygen atoms in total. The Morgan fingerprint density at radius 3 is 2.55 bits per heavy atom. The summed E-state index contributed by atoms with van der Waals surface area (Å²) < 4.78 is 10.9. The second-order valence-electron chi connectivity index (χ2n) is 4.36. The normalized spacial score (nSPS) is 10.6. The second-order valence-corrected chi connectivity index (χ2v) is 5.53. The molecule has 0 bridgehead atoms. The first-order valence-electron chi connectivity index (χ1n) is 6.65. The van der Waals surface area contributed by atoms with Crippen LogP contribution >= 0.6 is 11.3 Å². The highest BCUT2D eigenvalue weighted by Crippen LogP contribution is 2.21.